The van der Waals surface area contributed by atoms with E-state index in [1.165, 1.54) is 67.0 Å². The highest BCUT2D eigenvalue weighted by Gasteiger charge is 2.57. The van der Waals surface area contributed by atoms with Crippen LogP contribution in [0.25, 0.3) is 0 Å². The molecule has 7 fully saturated rings. The molecule has 10 aromatic carbocycles. The van der Waals surface area contributed by atoms with E-state index in [0.29, 0.717) is 111 Å². The number of aryl methyl sites for hydroxylation is 1. The molecule has 39 heteroatoms. The lowest BCUT2D eigenvalue weighted by Gasteiger charge is -2.31. The number of phenolic OH excluding ortho intramolecular Hbond substituents is 2. The number of hydrogen-bond donors (Lipinski definition) is 12. The maximum Gasteiger partial charge on any atom is 0.322 e. The quantitative estimate of drug-likeness (QED) is 0.0237. The summed E-state index contributed by atoms with van der Waals surface area (Å²) in [5.41, 5.74) is 3.72. The van der Waals surface area contributed by atoms with Crippen LogP contribution in [0, 0.1) is 6.92 Å². The standard InChI is InChI=1S/2C24H25N3O5.C22H23N3O5.C20H19N3O4.C18H15N3O5/c1-31-19-9-6-15-13-27(21(28)20(15)12-19)14-24(22(29)25-23(30)26-24)16-7-10-18(11-8-16)32-17-4-2-3-5-17;1-31-19-10-11-20-15(12-19)13-27(21(20)28)14-24(22(29)25-23(30)26-24)16-6-8-18(9-7-16)32-17-4-2-3-5-17;1-13(2)30-16-8-5-15(6-9-16)22(20(27)23-21(28)24-22)12-25-11-14-4-7-17(29-3)10-18(14)19(25)26;1-12-3-5-14(6-4-12)20(18(25)21-19(26)22-20)11-23-10-13-9-15(27-2)7-8-16(13)17(23)24;22-12-5-2-11(3-6-12)18(16(25)19-17(26)20-18)9-21-8-10-1-4-13(23)7-14(10)15(21)24/h2*6-12,17H,2-5,13-14H2,1H3,(H2,25,26,29,30);4-10,13H,11-12H2,1-3H3,(H2,23,24,27,28);3-9H,10-11H2,1-2H3,(H2,21,22,25,26);1-7,22-23H,8-9H2,(H2,19,20,25,26)/t24-;;22-;;18-/m0.0.0/s1. The molecular formula is C108H107N15O24. The van der Waals surface area contributed by atoms with Crippen molar-refractivity contribution < 1.29 is 115 Å². The van der Waals surface area contributed by atoms with Crippen molar-refractivity contribution in [3.05, 3.63) is 301 Å². The fourth-order valence-electron chi connectivity index (χ4n) is 20.5. The van der Waals surface area contributed by atoms with E-state index in [1.54, 1.807) is 163 Å². The second kappa shape index (κ2) is 40.7. The number of hydrogen-bond acceptors (Lipinski definition) is 24. The number of fused-ring (bicyclic) bond motifs is 5. The molecule has 39 nitrogen and oxygen atoms in total. The average Bonchev–Trinajstić information content (AvgIpc) is 1.62. The molecule has 0 spiro atoms. The van der Waals surface area contributed by atoms with Gasteiger partial charge in [-0.25, -0.2) is 24.0 Å². The molecule has 0 radical (unpaired) electrons. The first-order valence-corrected chi connectivity index (χ1v) is 47.9. The number of urea groups is 5. The van der Waals surface area contributed by atoms with Crippen molar-refractivity contribution in [2.24, 2.45) is 0 Å². The molecule has 12 aliphatic rings. The lowest BCUT2D eigenvalue weighted by molar-refractivity contribution is -0.125. The fourth-order valence-corrected chi connectivity index (χ4v) is 20.5. The molecule has 2 unspecified atom stereocenters. The zero-order valence-electron chi connectivity index (χ0n) is 81.3. The van der Waals surface area contributed by atoms with E-state index in [2.05, 4.69) is 53.2 Å². The monoisotopic (exact) mass is 2000 g/mol. The minimum Gasteiger partial charge on any atom is -0.508 e. The van der Waals surface area contributed by atoms with Crippen LogP contribution in [0.3, 0.4) is 0 Å². The summed E-state index contributed by atoms with van der Waals surface area (Å²) in [5.74, 6) is 1.07. The highest BCUT2D eigenvalue weighted by Crippen LogP contribution is 2.42. The third-order valence-electron chi connectivity index (χ3n) is 28.1. The molecule has 0 aromatic heterocycles. The molecule has 147 heavy (non-hydrogen) atoms. The maximum atomic E-state index is 13.1. The van der Waals surface area contributed by atoms with Gasteiger partial charge in [-0.05, 0) is 249 Å². The van der Waals surface area contributed by atoms with E-state index >= 15 is 0 Å². The van der Waals surface area contributed by atoms with Gasteiger partial charge in [-0.3, -0.25) is 74.5 Å². The second-order valence-electron chi connectivity index (χ2n) is 38.0. The van der Waals surface area contributed by atoms with E-state index in [0.717, 1.165) is 70.6 Å². The lowest BCUT2D eigenvalue weighted by atomic mass is 9.88. The molecule has 22 rings (SSSR count). The minimum absolute atomic E-state index is 0.00475. The van der Waals surface area contributed by atoms with Crippen molar-refractivity contribution in [3.8, 4) is 51.7 Å². The second-order valence-corrected chi connectivity index (χ2v) is 38.0. The molecule has 5 saturated heterocycles. The van der Waals surface area contributed by atoms with Crippen LogP contribution in [0.4, 0.5) is 24.0 Å². The average molecular weight is 2000 g/mol. The number of nitrogens with one attached hydrogen (secondary N) is 10. The van der Waals surface area contributed by atoms with Crippen molar-refractivity contribution in [1.82, 2.24) is 77.7 Å². The van der Waals surface area contributed by atoms with Crippen LogP contribution < -0.4 is 86.3 Å². The number of aromatic hydroxyl groups is 2. The Balaban J connectivity index is 0.000000121. The predicted molar refractivity (Wildman–Crippen MR) is 526 cm³/mol. The largest absolute Gasteiger partial charge is 0.508 e. The van der Waals surface area contributed by atoms with Gasteiger partial charge >= 0.3 is 30.2 Å². The number of phenols is 2. The maximum absolute atomic E-state index is 13.1. The van der Waals surface area contributed by atoms with Crippen LogP contribution in [0.2, 0.25) is 0 Å². The molecule has 5 atom stereocenters. The van der Waals surface area contributed by atoms with Crippen LogP contribution in [-0.2, 0) is 84.4 Å². The number of methoxy groups -OCH3 is 4. The molecule has 10 heterocycles. The molecule has 2 aliphatic carbocycles. The number of benzene rings is 10. The van der Waals surface area contributed by atoms with Gasteiger partial charge in [0.15, 0.2) is 27.7 Å². The van der Waals surface area contributed by atoms with E-state index in [-0.39, 0.29) is 98.6 Å². The summed E-state index contributed by atoms with van der Waals surface area (Å²) in [6, 6.07) is 57.4. The summed E-state index contributed by atoms with van der Waals surface area (Å²) in [6.07, 6.45) is 9.36. The molecule has 758 valence electrons. The highest BCUT2D eigenvalue weighted by atomic mass is 16.5. The number of amides is 20. The Hall–Kier alpha value is -17.6. The Morgan fingerprint density at radius 3 is 0.823 bits per heavy atom. The molecule has 20 amide bonds. The zero-order valence-corrected chi connectivity index (χ0v) is 81.3. The highest BCUT2D eigenvalue weighted by molar-refractivity contribution is 6.13. The number of rotatable bonds is 25. The lowest BCUT2D eigenvalue weighted by Crippen LogP contribution is -2.52. The Morgan fingerprint density at radius 1 is 0.286 bits per heavy atom. The summed E-state index contributed by atoms with van der Waals surface area (Å²) < 4.78 is 38.6. The molecule has 10 aliphatic heterocycles. The zero-order chi connectivity index (χ0) is 104. The van der Waals surface area contributed by atoms with Gasteiger partial charge in [0.25, 0.3) is 59.1 Å². The van der Waals surface area contributed by atoms with E-state index in [9.17, 15) is 82.1 Å². The number of carbonyl (C=O) groups excluding carboxylic acids is 15. The first kappa shape index (κ1) is 99.6. The van der Waals surface area contributed by atoms with Gasteiger partial charge in [0.05, 0.1) is 79.5 Å². The Morgan fingerprint density at radius 2 is 0.531 bits per heavy atom. The van der Waals surface area contributed by atoms with Gasteiger partial charge in [-0.15, -0.1) is 0 Å². The Labute approximate surface area is 843 Å². The third-order valence-corrected chi connectivity index (χ3v) is 28.1. The van der Waals surface area contributed by atoms with Gasteiger partial charge in [0, 0.05) is 60.5 Å². The first-order valence-electron chi connectivity index (χ1n) is 47.9. The topological polar surface area (TPSA) is 498 Å². The molecule has 2 saturated carbocycles. The fraction of sp³-hybridized carbons (Fsp3) is 0.306. The summed E-state index contributed by atoms with van der Waals surface area (Å²) in [6.45, 7) is 7.43. The molecule has 12 N–H and O–H groups in total. The SMILES string of the molecule is COc1ccc2c(c1)C(=O)N(C[C@@]1(c3ccc(OC(C)C)cc3)NC(=O)NC1=O)C2.COc1ccc2c(c1)C(=O)N(C[C@@]1(c3ccc(OC4CCCC4)cc3)NC(=O)NC1=O)C2.COc1ccc2c(c1)CN(CC1(c3ccc(C)cc3)NC(=O)NC1=O)C2=O.COc1ccc2c(c1)CN(CC1(c3ccc(OC4CCCC4)cc3)NC(=O)NC1=O)C2=O.O=C1NC(=O)[C@](CN2Cc3ccc(O)cc3C2=O)(c2ccc(O)cc2)N1. The minimum atomic E-state index is -1.45. The Bertz CT molecular complexity index is 6880. The number of imide groups is 5. The van der Waals surface area contributed by atoms with E-state index < -0.39 is 87.4 Å². The van der Waals surface area contributed by atoms with Crippen molar-refractivity contribution in [2.45, 2.75) is 151 Å². The van der Waals surface area contributed by atoms with Gasteiger partial charge < -0.3 is 94.5 Å². The normalized spacial score (nSPS) is 21.7. The van der Waals surface area contributed by atoms with E-state index in [4.69, 9.17) is 33.2 Å². The molecule has 0 bridgehead atoms. The summed E-state index contributed by atoms with van der Waals surface area (Å²) >= 11 is 0. The first-order chi connectivity index (χ1) is 70.6. The molecule has 10 aromatic rings. The van der Waals surface area contributed by atoms with Crippen LogP contribution in [0.15, 0.2) is 212 Å². The van der Waals surface area contributed by atoms with Gasteiger partial charge in [-0.1, -0.05) is 96.6 Å². The number of ether oxygens (including phenoxy) is 7. The summed E-state index contributed by atoms with van der Waals surface area (Å²) in [7, 11) is 6.23. The third kappa shape index (κ3) is 19.9. The summed E-state index contributed by atoms with van der Waals surface area (Å²) in [5, 5.41) is 44.2. The van der Waals surface area contributed by atoms with Crippen molar-refractivity contribution in [3.63, 3.8) is 0 Å². The van der Waals surface area contributed by atoms with E-state index in [1.807, 2.05) is 81.4 Å². The van der Waals surface area contributed by atoms with Crippen molar-refractivity contribution in [1.29, 1.82) is 0 Å². The van der Waals surface area contributed by atoms with Crippen molar-refractivity contribution >= 4 is 89.2 Å². The van der Waals surface area contributed by atoms with Crippen LogP contribution >= 0.6 is 0 Å². The van der Waals surface area contributed by atoms with Crippen molar-refractivity contribution in [2.75, 3.05) is 61.2 Å². The van der Waals surface area contributed by atoms with Crippen LogP contribution in [0.1, 0.15) is 178 Å². The predicted octanol–water partition coefficient (Wildman–Crippen LogP) is 10.1. The number of nitrogens with zero attached hydrogens (tertiary/aromatic N) is 5. The van der Waals surface area contributed by atoms with Gasteiger partial charge in [0.1, 0.15) is 51.7 Å². The van der Waals surface area contributed by atoms with Crippen LogP contribution in [-0.4, -0.2) is 203 Å². The van der Waals surface area contributed by atoms with Gasteiger partial charge in [0.2, 0.25) is 0 Å². The molecular weight excluding hydrogens is 1890 g/mol. The van der Waals surface area contributed by atoms with Crippen LogP contribution in [0.5, 0.6) is 51.7 Å². The smallest absolute Gasteiger partial charge is 0.322 e. The summed E-state index contributed by atoms with van der Waals surface area (Å²) in [4.78, 5) is 196. The van der Waals surface area contributed by atoms with Gasteiger partial charge in [-0.2, -0.15) is 0 Å². The Kier molecular flexibility index (Phi) is 27.6. The number of carbonyl (C=O) groups is 15.